The van der Waals surface area contributed by atoms with Crippen LogP contribution in [0.25, 0.3) is 0 Å². The van der Waals surface area contributed by atoms with Gasteiger partial charge < -0.3 is 5.32 Å². The molecule has 1 aliphatic carbocycles. The van der Waals surface area contributed by atoms with Crippen LogP contribution >= 0.6 is 27.5 Å². The molecule has 3 heteroatoms. The maximum absolute atomic E-state index is 5.95. The standard InChI is InChI=1S/C14H19BrClN/c1-9-3-5-13(10(2)7-9)17-14-6-4-11(16)8-12(14)15/h4,6,8-10,13,17H,3,5,7H2,1-2H3. The van der Waals surface area contributed by atoms with Crippen LogP contribution in [-0.2, 0) is 0 Å². The predicted molar refractivity (Wildman–Crippen MR) is 78.7 cm³/mol. The van der Waals surface area contributed by atoms with Crippen LogP contribution in [0.2, 0.25) is 5.02 Å². The average Bonchev–Trinajstić information content (AvgIpc) is 2.25. The fourth-order valence-electron chi connectivity index (χ4n) is 2.69. The Labute approximate surface area is 117 Å². The first-order valence-corrected chi connectivity index (χ1v) is 7.45. The topological polar surface area (TPSA) is 12.0 Å². The van der Waals surface area contributed by atoms with Crippen LogP contribution in [0.5, 0.6) is 0 Å². The van der Waals surface area contributed by atoms with Gasteiger partial charge in [-0.3, -0.25) is 0 Å². The summed E-state index contributed by atoms with van der Waals surface area (Å²) in [5.41, 5.74) is 1.15. The second kappa shape index (κ2) is 5.62. The Hall–Kier alpha value is -0.210. The number of nitrogens with one attached hydrogen (secondary N) is 1. The number of rotatable bonds is 2. The highest BCUT2D eigenvalue weighted by molar-refractivity contribution is 9.10. The molecule has 2 rings (SSSR count). The van der Waals surface area contributed by atoms with Crippen LogP contribution in [0, 0.1) is 11.8 Å². The van der Waals surface area contributed by atoms with Gasteiger partial charge in [0.2, 0.25) is 0 Å². The molecule has 0 radical (unpaired) electrons. The van der Waals surface area contributed by atoms with E-state index in [1.165, 1.54) is 19.3 Å². The van der Waals surface area contributed by atoms with Gasteiger partial charge in [0, 0.05) is 21.2 Å². The number of hydrogen-bond donors (Lipinski definition) is 1. The summed E-state index contributed by atoms with van der Waals surface area (Å²) < 4.78 is 1.05. The van der Waals surface area contributed by atoms with Crippen molar-refractivity contribution in [2.24, 2.45) is 11.8 Å². The zero-order valence-corrected chi connectivity index (χ0v) is 12.7. The van der Waals surface area contributed by atoms with E-state index >= 15 is 0 Å². The third kappa shape index (κ3) is 3.38. The van der Waals surface area contributed by atoms with Gasteiger partial charge in [0.1, 0.15) is 0 Å². The van der Waals surface area contributed by atoms with Crippen molar-refractivity contribution >= 4 is 33.2 Å². The Balaban J connectivity index is 2.05. The fourth-order valence-corrected chi connectivity index (χ4v) is 3.48. The molecule has 94 valence electrons. The van der Waals surface area contributed by atoms with E-state index in [0.717, 1.165) is 27.0 Å². The van der Waals surface area contributed by atoms with Crippen LogP contribution in [0.1, 0.15) is 33.1 Å². The van der Waals surface area contributed by atoms with E-state index in [-0.39, 0.29) is 0 Å². The maximum Gasteiger partial charge on any atom is 0.0487 e. The molecule has 17 heavy (non-hydrogen) atoms. The number of benzene rings is 1. The lowest BCUT2D eigenvalue weighted by atomic mass is 9.80. The van der Waals surface area contributed by atoms with E-state index in [2.05, 4.69) is 41.2 Å². The Morgan fingerprint density at radius 1 is 1.29 bits per heavy atom. The number of hydrogen-bond acceptors (Lipinski definition) is 1. The van der Waals surface area contributed by atoms with Crippen LogP contribution in [-0.4, -0.2) is 6.04 Å². The molecule has 1 fully saturated rings. The van der Waals surface area contributed by atoms with Gasteiger partial charge in [0.05, 0.1) is 0 Å². The summed E-state index contributed by atoms with van der Waals surface area (Å²) in [6, 6.07) is 6.52. The first kappa shape index (κ1) is 13.2. The summed E-state index contributed by atoms with van der Waals surface area (Å²) in [5, 5.41) is 4.41. The third-order valence-corrected chi connectivity index (χ3v) is 4.59. The fraction of sp³-hybridized carbons (Fsp3) is 0.571. The largest absolute Gasteiger partial charge is 0.381 e. The SMILES string of the molecule is CC1CCC(Nc2ccc(Cl)cc2Br)C(C)C1. The lowest BCUT2D eigenvalue weighted by Crippen LogP contribution is -2.33. The molecule has 1 aliphatic rings. The highest BCUT2D eigenvalue weighted by Gasteiger charge is 2.25. The molecule has 0 heterocycles. The lowest BCUT2D eigenvalue weighted by molar-refractivity contribution is 0.276. The molecular formula is C14H19BrClN. The smallest absolute Gasteiger partial charge is 0.0487 e. The van der Waals surface area contributed by atoms with Gasteiger partial charge in [-0.1, -0.05) is 25.4 Å². The van der Waals surface area contributed by atoms with Gasteiger partial charge in [0.15, 0.2) is 0 Å². The minimum Gasteiger partial charge on any atom is -0.381 e. The predicted octanol–water partition coefficient (Wildman–Crippen LogP) is 5.34. The zero-order valence-electron chi connectivity index (χ0n) is 10.3. The minimum absolute atomic E-state index is 0.587. The van der Waals surface area contributed by atoms with E-state index in [0.29, 0.717) is 6.04 Å². The van der Waals surface area contributed by atoms with E-state index < -0.39 is 0 Å². The van der Waals surface area contributed by atoms with Crippen LogP contribution in [0.3, 0.4) is 0 Å². The molecule has 0 aliphatic heterocycles. The van der Waals surface area contributed by atoms with E-state index in [9.17, 15) is 0 Å². The summed E-state index contributed by atoms with van der Waals surface area (Å²) in [5.74, 6) is 1.61. The summed E-state index contributed by atoms with van der Waals surface area (Å²) in [7, 11) is 0. The molecule has 0 saturated heterocycles. The van der Waals surface area contributed by atoms with Crippen molar-refractivity contribution in [3.63, 3.8) is 0 Å². The minimum atomic E-state index is 0.587. The van der Waals surface area contributed by atoms with Crippen LogP contribution in [0.15, 0.2) is 22.7 Å². The summed E-state index contributed by atoms with van der Waals surface area (Å²) in [6.45, 7) is 4.70. The second-order valence-corrected chi connectivity index (χ2v) is 6.56. The van der Waals surface area contributed by atoms with Crippen molar-refractivity contribution in [1.82, 2.24) is 0 Å². The van der Waals surface area contributed by atoms with Crippen molar-refractivity contribution in [3.8, 4) is 0 Å². The first-order valence-electron chi connectivity index (χ1n) is 6.28. The Morgan fingerprint density at radius 3 is 2.71 bits per heavy atom. The Bertz CT molecular complexity index is 394. The zero-order chi connectivity index (χ0) is 12.4. The second-order valence-electron chi connectivity index (χ2n) is 5.27. The van der Waals surface area contributed by atoms with Crippen molar-refractivity contribution in [1.29, 1.82) is 0 Å². The number of halogens is 2. The van der Waals surface area contributed by atoms with Crippen LogP contribution in [0.4, 0.5) is 5.69 Å². The molecular weight excluding hydrogens is 298 g/mol. The van der Waals surface area contributed by atoms with Gasteiger partial charge in [-0.2, -0.15) is 0 Å². The normalized spacial score (nSPS) is 29.1. The van der Waals surface area contributed by atoms with E-state index in [1.54, 1.807) is 0 Å². The van der Waals surface area contributed by atoms with Gasteiger partial charge in [-0.05, 0) is 65.2 Å². The molecule has 1 N–H and O–H groups in total. The molecule has 0 amide bonds. The van der Waals surface area contributed by atoms with Crippen molar-refractivity contribution in [2.45, 2.75) is 39.2 Å². The molecule has 3 atom stereocenters. The molecule has 1 aromatic rings. The summed E-state index contributed by atoms with van der Waals surface area (Å²) >= 11 is 9.51. The third-order valence-electron chi connectivity index (χ3n) is 3.70. The highest BCUT2D eigenvalue weighted by Crippen LogP contribution is 2.33. The molecule has 0 bridgehead atoms. The van der Waals surface area contributed by atoms with E-state index in [4.69, 9.17) is 11.6 Å². The Morgan fingerprint density at radius 2 is 2.06 bits per heavy atom. The monoisotopic (exact) mass is 315 g/mol. The van der Waals surface area contributed by atoms with Crippen molar-refractivity contribution < 1.29 is 0 Å². The molecule has 3 unspecified atom stereocenters. The summed E-state index contributed by atoms with van der Waals surface area (Å²) in [4.78, 5) is 0. The molecule has 0 aromatic heterocycles. The van der Waals surface area contributed by atoms with Crippen molar-refractivity contribution in [3.05, 3.63) is 27.7 Å². The first-order chi connectivity index (χ1) is 8.06. The lowest BCUT2D eigenvalue weighted by Gasteiger charge is -2.34. The van der Waals surface area contributed by atoms with Gasteiger partial charge >= 0.3 is 0 Å². The van der Waals surface area contributed by atoms with Gasteiger partial charge in [0.25, 0.3) is 0 Å². The maximum atomic E-state index is 5.95. The van der Waals surface area contributed by atoms with E-state index in [1.807, 2.05) is 12.1 Å². The average molecular weight is 317 g/mol. The van der Waals surface area contributed by atoms with Gasteiger partial charge in [-0.15, -0.1) is 0 Å². The van der Waals surface area contributed by atoms with Gasteiger partial charge in [-0.25, -0.2) is 0 Å². The molecule has 1 saturated carbocycles. The Kier molecular flexibility index (Phi) is 4.37. The molecule has 1 nitrogen and oxygen atoms in total. The molecule has 0 spiro atoms. The van der Waals surface area contributed by atoms with Crippen LogP contribution < -0.4 is 5.32 Å². The summed E-state index contributed by atoms with van der Waals surface area (Å²) in [6.07, 6.45) is 3.91. The highest BCUT2D eigenvalue weighted by atomic mass is 79.9. The quantitative estimate of drug-likeness (QED) is 0.776. The molecule has 1 aromatic carbocycles. The number of anilines is 1. The van der Waals surface area contributed by atoms with Crippen molar-refractivity contribution in [2.75, 3.05) is 5.32 Å².